The molecule has 0 radical (unpaired) electrons. The van der Waals surface area contributed by atoms with Crippen LogP contribution >= 0.6 is 0 Å². The van der Waals surface area contributed by atoms with E-state index in [0.717, 1.165) is 0 Å². The second-order valence-corrected chi connectivity index (χ2v) is 8.31. The monoisotopic (exact) mass is 344 g/mol. The summed E-state index contributed by atoms with van der Waals surface area (Å²) >= 11 is 0. The number of benzene rings is 2. The van der Waals surface area contributed by atoms with Gasteiger partial charge in [0, 0.05) is 11.7 Å². The van der Waals surface area contributed by atoms with Gasteiger partial charge in [0.05, 0.1) is 16.1 Å². The molecular weight excluding hydrogens is 324 g/mol. The summed E-state index contributed by atoms with van der Waals surface area (Å²) in [6.45, 7) is 0. The highest BCUT2D eigenvalue weighted by molar-refractivity contribution is 7.92. The molecule has 0 spiro atoms. The Morgan fingerprint density at radius 1 is 0.958 bits per heavy atom. The summed E-state index contributed by atoms with van der Waals surface area (Å²) in [6.07, 6.45) is 0.543. The molecule has 0 saturated heterocycles. The highest BCUT2D eigenvalue weighted by Crippen LogP contribution is 2.33. The predicted octanol–water partition coefficient (Wildman–Crippen LogP) is 2.20. The normalized spacial score (nSPS) is 23.8. The first kappa shape index (κ1) is 16.7. The Hall–Kier alpha value is -2.18. The lowest BCUT2D eigenvalue weighted by Gasteiger charge is -2.15. The summed E-state index contributed by atoms with van der Waals surface area (Å²) < 4.78 is 25.4. The lowest BCUT2D eigenvalue weighted by atomic mass is 10.0. The molecule has 0 aliphatic heterocycles. The molecule has 3 unspecified atom stereocenters. The number of para-hydroxylation sites is 1. The van der Waals surface area contributed by atoms with E-state index in [9.17, 15) is 13.2 Å². The van der Waals surface area contributed by atoms with Crippen molar-refractivity contribution < 1.29 is 13.2 Å². The Kier molecular flexibility index (Phi) is 4.69. The van der Waals surface area contributed by atoms with Crippen molar-refractivity contribution in [3.8, 4) is 0 Å². The second kappa shape index (κ2) is 6.75. The number of anilines is 1. The summed E-state index contributed by atoms with van der Waals surface area (Å²) in [5, 5.41) is 2.19. The van der Waals surface area contributed by atoms with E-state index in [-0.39, 0.29) is 17.2 Å². The minimum absolute atomic E-state index is 0.223. The third kappa shape index (κ3) is 3.34. The van der Waals surface area contributed by atoms with Crippen LogP contribution in [-0.2, 0) is 14.6 Å². The largest absolute Gasteiger partial charge is 0.327 e. The summed E-state index contributed by atoms with van der Waals surface area (Å²) in [5.41, 5.74) is 6.76. The first-order chi connectivity index (χ1) is 11.5. The van der Waals surface area contributed by atoms with E-state index in [0.29, 0.717) is 12.1 Å². The van der Waals surface area contributed by atoms with Gasteiger partial charge in [0.2, 0.25) is 5.91 Å². The Labute approximate surface area is 141 Å². The van der Waals surface area contributed by atoms with Crippen LogP contribution in [0.2, 0.25) is 0 Å². The zero-order chi connectivity index (χ0) is 17.2. The van der Waals surface area contributed by atoms with Crippen LogP contribution in [0, 0.1) is 5.92 Å². The third-order valence-corrected chi connectivity index (χ3v) is 6.65. The summed E-state index contributed by atoms with van der Waals surface area (Å²) in [4.78, 5) is 12.7. The number of carbonyl (C=O) groups excluding carboxylic acids is 1. The minimum Gasteiger partial charge on any atom is -0.327 e. The molecule has 1 saturated carbocycles. The maximum atomic E-state index is 12.7. The van der Waals surface area contributed by atoms with E-state index in [4.69, 9.17) is 5.73 Å². The zero-order valence-electron chi connectivity index (χ0n) is 13.1. The van der Waals surface area contributed by atoms with Crippen LogP contribution in [0.25, 0.3) is 0 Å². The van der Waals surface area contributed by atoms with E-state index in [1.807, 2.05) is 18.2 Å². The van der Waals surface area contributed by atoms with Crippen LogP contribution in [0.1, 0.15) is 12.8 Å². The number of hydrogen-bond acceptors (Lipinski definition) is 4. The second-order valence-electron chi connectivity index (χ2n) is 6.08. The molecule has 1 amide bonds. The van der Waals surface area contributed by atoms with Crippen molar-refractivity contribution in [1.82, 2.24) is 0 Å². The van der Waals surface area contributed by atoms with E-state index >= 15 is 0 Å². The lowest BCUT2D eigenvalue weighted by Crippen LogP contribution is -2.34. The average Bonchev–Trinajstić information content (AvgIpc) is 2.99. The number of nitrogens with one attached hydrogen (secondary N) is 1. The van der Waals surface area contributed by atoms with Gasteiger partial charge in [-0.25, -0.2) is 8.42 Å². The number of nitrogens with two attached hydrogens (primary N) is 1. The topological polar surface area (TPSA) is 89.3 Å². The lowest BCUT2D eigenvalue weighted by molar-refractivity contribution is -0.120. The first-order valence-electron chi connectivity index (χ1n) is 7.89. The van der Waals surface area contributed by atoms with Crippen molar-refractivity contribution >= 4 is 21.4 Å². The SMILES string of the molecule is NC1CC(S(=O)(=O)c2ccccc2)CC1C(=O)Nc1ccccc1. The third-order valence-electron chi connectivity index (χ3n) is 4.46. The van der Waals surface area contributed by atoms with E-state index in [1.54, 1.807) is 42.5 Å². The smallest absolute Gasteiger partial charge is 0.229 e. The molecular formula is C18H20N2O3S. The highest BCUT2D eigenvalue weighted by atomic mass is 32.2. The molecule has 1 fully saturated rings. The maximum absolute atomic E-state index is 12.7. The first-order valence-corrected chi connectivity index (χ1v) is 9.43. The number of carbonyl (C=O) groups is 1. The molecule has 126 valence electrons. The molecule has 3 rings (SSSR count). The fourth-order valence-electron chi connectivity index (χ4n) is 3.14. The molecule has 1 aliphatic rings. The van der Waals surface area contributed by atoms with Gasteiger partial charge in [-0.3, -0.25) is 4.79 Å². The molecule has 2 aromatic carbocycles. The molecule has 1 aliphatic carbocycles. The van der Waals surface area contributed by atoms with Crippen molar-refractivity contribution in [2.75, 3.05) is 5.32 Å². The van der Waals surface area contributed by atoms with Crippen molar-refractivity contribution in [2.45, 2.75) is 29.0 Å². The van der Waals surface area contributed by atoms with Crippen molar-refractivity contribution in [2.24, 2.45) is 11.7 Å². The zero-order valence-corrected chi connectivity index (χ0v) is 13.9. The van der Waals surface area contributed by atoms with Gasteiger partial charge < -0.3 is 11.1 Å². The van der Waals surface area contributed by atoms with Crippen molar-refractivity contribution in [3.05, 3.63) is 60.7 Å². The molecule has 24 heavy (non-hydrogen) atoms. The Balaban J connectivity index is 1.74. The fraction of sp³-hybridized carbons (Fsp3) is 0.278. The molecule has 2 aromatic rings. The van der Waals surface area contributed by atoms with Crippen LogP contribution in [-0.4, -0.2) is 25.6 Å². The van der Waals surface area contributed by atoms with Gasteiger partial charge in [0.15, 0.2) is 9.84 Å². The number of rotatable bonds is 4. The van der Waals surface area contributed by atoms with Gasteiger partial charge >= 0.3 is 0 Å². The number of sulfone groups is 1. The molecule has 5 nitrogen and oxygen atoms in total. The van der Waals surface area contributed by atoms with Gasteiger partial charge in [0.1, 0.15) is 0 Å². The minimum atomic E-state index is -3.47. The Morgan fingerprint density at radius 3 is 2.17 bits per heavy atom. The van der Waals surface area contributed by atoms with Crippen LogP contribution in [0.4, 0.5) is 5.69 Å². The molecule has 3 atom stereocenters. The molecule has 0 aromatic heterocycles. The van der Waals surface area contributed by atoms with Crippen molar-refractivity contribution in [1.29, 1.82) is 0 Å². The standard InChI is InChI=1S/C18H20N2O3S/c19-17-12-15(24(22,23)14-9-5-2-6-10-14)11-16(17)18(21)20-13-7-3-1-4-8-13/h1-10,15-17H,11-12,19H2,(H,20,21). The molecule has 0 heterocycles. The Morgan fingerprint density at radius 2 is 1.54 bits per heavy atom. The van der Waals surface area contributed by atoms with Gasteiger partial charge in [0.25, 0.3) is 0 Å². The van der Waals surface area contributed by atoms with E-state index < -0.39 is 27.0 Å². The van der Waals surface area contributed by atoms with Gasteiger partial charge in [-0.15, -0.1) is 0 Å². The maximum Gasteiger partial charge on any atom is 0.229 e. The summed E-state index contributed by atoms with van der Waals surface area (Å²) in [5.74, 6) is -0.729. The fourth-order valence-corrected chi connectivity index (χ4v) is 4.99. The molecule has 0 bridgehead atoms. The Bertz CT molecular complexity index is 807. The number of amides is 1. The van der Waals surface area contributed by atoms with Crippen molar-refractivity contribution in [3.63, 3.8) is 0 Å². The number of hydrogen-bond donors (Lipinski definition) is 2. The van der Waals surface area contributed by atoms with Crippen LogP contribution in [0.5, 0.6) is 0 Å². The molecule has 3 N–H and O–H groups in total. The highest BCUT2D eigenvalue weighted by Gasteiger charge is 2.43. The van der Waals surface area contributed by atoms with E-state index in [1.165, 1.54) is 0 Å². The summed E-state index contributed by atoms with van der Waals surface area (Å²) in [6, 6.07) is 17.0. The van der Waals surface area contributed by atoms with Crippen LogP contribution in [0.3, 0.4) is 0 Å². The average molecular weight is 344 g/mol. The van der Waals surface area contributed by atoms with Crippen LogP contribution in [0.15, 0.2) is 65.6 Å². The summed E-state index contributed by atoms with van der Waals surface area (Å²) in [7, 11) is -3.47. The van der Waals surface area contributed by atoms with E-state index in [2.05, 4.69) is 5.32 Å². The molecule has 6 heteroatoms. The van der Waals surface area contributed by atoms with Crippen LogP contribution < -0.4 is 11.1 Å². The van der Waals surface area contributed by atoms with Gasteiger partial charge in [-0.2, -0.15) is 0 Å². The van der Waals surface area contributed by atoms with Gasteiger partial charge in [-0.1, -0.05) is 36.4 Å². The van der Waals surface area contributed by atoms with Gasteiger partial charge in [-0.05, 0) is 37.1 Å². The predicted molar refractivity (Wildman–Crippen MR) is 93.2 cm³/mol. The quantitative estimate of drug-likeness (QED) is 0.890.